The Morgan fingerprint density at radius 3 is 1.06 bits per heavy atom. The number of carbonyl (C=O) groups is 2. The largest absolute Gasteiger partial charge is 0.394 e. The molecular weight excluding hydrogens is 1140 g/mol. The zero-order valence-corrected chi connectivity index (χ0v) is 44.5. The lowest BCUT2D eigenvalue weighted by Crippen LogP contribution is -2.71. The smallest absolute Gasteiger partial charge is 0.217 e. The van der Waals surface area contributed by atoms with E-state index in [1.54, 1.807) is 0 Å². The highest BCUT2D eigenvalue weighted by molar-refractivity contribution is 5.73. The molecule has 0 aromatic heterocycles. The van der Waals surface area contributed by atoms with E-state index < -0.39 is 266 Å². The number of ether oxygens (including phenoxy) is 13. The third-order valence-corrected chi connectivity index (χ3v) is 15.3. The molecule has 35 atom stereocenters. The van der Waals surface area contributed by atoms with Gasteiger partial charge >= 0.3 is 0 Å². The van der Waals surface area contributed by atoms with Crippen LogP contribution in [-0.2, 0) is 71.2 Å². The first kappa shape index (κ1) is 68.1. The van der Waals surface area contributed by atoms with Crippen molar-refractivity contribution in [1.29, 1.82) is 0 Å². The molecule has 7 saturated heterocycles. The fourth-order valence-corrected chi connectivity index (χ4v) is 10.7. The highest BCUT2D eigenvalue weighted by Crippen LogP contribution is 2.38. The molecule has 7 fully saturated rings. The first-order chi connectivity index (χ1) is 39.2. The van der Waals surface area contributed by atoms with E-state index >= 15 is 0 Å². The number of aliphatic hydroxyl groups is 20. The van der Waals surface area contributed by atoms with Gasteiger partial charge < -0.3 is 174 Å². The van der Waals surface area contributed by atoms with Crippen molar-refractivity contribution >= 4 is 11.8 Å². The van der Waals surface area contributed by atoms with E-state index in [1.807, 2.05) is 0 Å². The summed E-state index contributed by atoms with van der Waals surface area (Å²) in [4.78, 5) is 25.8. The van der Waals surface area contributed by atoms with Crippen molar-refractivity contribution < 1.29 is 173 Å². The van der Waals surface area contributed by atoms with Crippen LogP contribution in [0.3, 0.4) is 0 Å². The van der Waals surface area contributed by atoms with Crippen LogP contribution in [-0.4, -0.2) is 368 Å². The summed E-state index contributed by atoms with van der Waals surface area (Å²) in [6.07, 6.45) is -64.0. The molecule has 0 bridgehead atoms. The minimum Gasteiger partial charge on any atom is -0.394 e. The van der Waals surface area contributed by atoms with Crippen LogP contribution >= 0.6 is 0 Å². The Balaban J connectivity index is 1.16. The summed E-state index contributed by atoms with van der Waals surface area (Å²) in [6.45, 7) is -2.91. The molecule has 7 heterocycles. The van der Waals surface area contributed by atoms with Gasteiger partial charge in [-0.2, -0.15) is 0 Å². The molecule has 7 rings (SSSR count). The SMILES string of the molecule is CC(=O)N[C@H]1[C@H](O[C@H]2[C@@H](O)[C@@H](CO)O[C@@H](O[C@H]3[C@H](O)[C@@H](O)[C@H](O)O[C@@H]3CO)[C@@H]2O)O[C@H](CO)[C@@H](O)[C@@H]1O[C@@H]1O[C@H](CO)[C@H](O)[C@H](O[C@@H]2O[C@H](CO)[C@@H](O)[C@H](O[C@@H]3O[C@H](CO)[C@H](O)[C@H](O)[C@H]3O[C@@H]3O[C@@H](C)[C@@H](O)[C@@H](O)[C@@H]3O)[C@H]2NC(C)=O)[C@H]1O. The Morgan fingerprint density at radius 2 is 0.639 bits per heavy atom. The average molecular weight is 1220 g/mol. The highest BCUT2D eigenvalue weighted by Gasteiger charge is 2.59. The Labute approximate surface area is 470 Å². The maximum Gasteiger partial charge on any atom is 0.217 e. The number of amides is 2. The number of carbonyl (C=O) groups excluding carboxylic acids is 2. The maximum absolute atomic E-state index is 12.9. The highest BCUT2D eigenvalue weighted by atomic mass is 16.8. The van der Waals surface area contributed by atoms with Gasteiger partial charge in [-0.25, -0.2) is 0 Å². The van der Waals surface area contributed by atoms with Crippen LogP contribution in [0.1, 0.15) is 20.8 Å². The van der Waals surface area contributed by atoms with Crippen LogP contribution in [0.25, 0.3) is 0 Å². The summed E-state index contributed by atoms with van der Waals surface area (Å²) >= 11 is 0. The first-order valence-corrected chi connectivity index (χ1v) is 26.5. The predicted molar refractivity (Wildman–Crippen MR) is 254 cm³/mol. The van der Waals surface area contributed by atoms with Crippen LogP contribution in [0.15, 0.2) is 0 Å². The normalized spacial score (nSPS) is 50.8. The molecule has 482 valence electrons. The molecule has 7 aliphatic heterocycles. The number of hydrogen-bond donors (Lipinski definition) is 22. The lowest BCUT2D eigenvalue weighted by Gasteiger charge is -2.51. The maximum atomic E-state index is 12.9. The topological polar surface area (TPSA) is 583 Å². The van der Waals surface area contributed by atoms with Crippen molar-refractivity contribution in [1.82, 2.24) is 10.6 Å². The van der Waals surface area contributed by atoms with Crippen molar-refractivity contribution in [2.45, 2.75) is 236 Å². The van der Waals surface area contributed by atoms with Gasteiger partial charge in [0.15, 0.2) is 44.0 Å². The minimum absolute atomic E-state index is 0.906. The van der Waals surface area contributed by atoms with Crippen LogP contribution < -0.4 is 10.6 Å². The third kappa shape index (κ3) is 14.5. The number of nitrogens with one attached hydrogen (secondary N) is 2. The molecule has 0 aliphatic carbocycles. The predicted octanol–water partition coefficient (Wildman–Crippen LogP) is -15.0. The molecule has 0 unspecified atom stereocenters. The Kier molecular flexibility index (Phi) is 24.0. The second kappa shape index (κ2) is 29.3. The number of aliphatic hydroxyl groups excluding tert-OH is 20. The lowest BCUT2D eigenvalue weighted by atomic mass is 9.93. The van der Waals surface area contributed by atoms with Crippen LogP contribution in [0.5, 0.6) is 0 Å². The van der Waals surface area contributed by atoms with Crippen molar-refractivity contribution in [3.05, 3.63) is 0 Å². The standard InChI is InChI=1S/C46H78N2O35/c1-10-21(57)27(63)31(67)43(71-10)83-39-28(64)22(58)13(4-49)77-46(39)80-36-20(48-12(3)56)42(74-15(6-51)24(36)60)82-38-26(62)17(8-53)76-45(33(38)69)79-35-19(47-11(2)55)41(73-14(5-50)23(35)59)81-37-25(61)16(7-52)75-44(32(37)68)78-34-18(9-54)72-40(70)30(66)29(34)65/h10,13-46,49-54,57-70H,4-9H2,1-3H3,(H,47,55)(H,48,56)/t10-,13+,14+,15+,16+,17+,18+,19+,20+,21+,22-,23+,24+,25-,26-,27+,28-,29+,30+,31-,32+,33+,34+,35+,36+,37-,38-,39+,40+,41-,42-,43-,44-,45-,46-/m0/s1. The second-order valence-corrected chi connectivity index (χ2v) is 21.0. The molecule has 0 spiro atoms. The van der Waals surface area contributed by atoms with Gasteiger partial charge in [-0.05, 0) is 6.92 Å². The summed E-state index contributed by atoms with van der Waals surface area (Å²) in [5.41, 5.74) is 0. The summed E-state index contributed by atoms with van der Waals surface area (Å²) in [7, 11) is 0. The summed E-state index contributed by atoms with van der Waals surface area (Å²) in [6, 6.07) is -3.72. The quantitative estimate of drug-likeness (QED) is 0.0538. The number of hydrogen-bond acceptors (Lipinski definition) is 35. The van der Waals surface area contributed by atoms with Crippen molar-refractivity contribution in [2.75, 3.05) is 39.6 Å². The second-order valence-electron chi connectivity index (χ2n) is 21.0. The zero-order chi connectivity index (χ0) is 61.2. The lowest BCUT2D eigenvalue weighted by molar-refractivity contribution is -0.391. The molecule has 7 aliphatic rings. The molecule has 0 saturated carbocycles. The minimum atomic E-state index is -2.34. The summed E-state index contributed by atoms with van der Waals surface area (Å²) < 4.78 is 75.1. The molecular formula is C46H78N2O35. The van der Waals surface area contributed by atoms with Gasteiger partial charge in [-0.15, -0.1) is 0 Å². The van der Waals surface area contributed by atoms with Crippen molar-refractivity contribution in [3.63, 3.8) is 0 Å². The molecule has 22 N–H and O–H groups in total. The van der Waals surface area contributed by atoms with Gasteiger partial charge in [0, 0.05) is 13.8 Å². The molecule has 0 radical (unpaired) electrons. The van der Waals surface area contributed by atoms with Gasteiger partial charge in [0.25, 0.3) is 0 Å². The molecule has 37 heteroatoms. The summed E-state index contributed by atoms with van der Waals surface area (Å²) in [5.74, 6) is -1.82. The van der Waals surface area contributed by atoms with Crippen molar-refractivity contribution in [2.24, 2.45) is 0 Å². The van der Waals surface area contributed by atoms with E-state index in [0.717, 1.165) is 13.8 Å². The van der Waals surface area contributed by atoms with E-state index in [0.29, 0.717) is 0 Å². The Bertz CT molecular complexity index is 2050. The van der Waals surface area contributed by atoms with Gasteiger partial charge in [0.05, 0.1) is 45.7 Å². The van der Waals surface area contributed by atoms with E-state index in [1.165, 1.54) is 6.92 Å². The van der Waals surface area contributed by atoms with E-state index in [2.05, 4.69) is 10.6 Å². The monoisotopic (exact) mass is 1220 g/mol. The number of rotatable bonds is 20. The van der Waals surface area contributed by atoms with Gasteiger partial charge in [0.1, 0.15) is 165 Å². The van der Waals surface area contributed by atoms with Crippen LogP contribution in [0.4, 0.5) is 0 Å². The molecule has 83 heavy (non-hydrogen) atoms. The van der Waals surface area contributed by atoms with Crippen molar-refractivity contribution in [3.8, 4) is 0 Å². The van der Waals surface area contributed by atoms with E-state index in [4.69, 9.17) is 61.6 Å². The zero-order valence-electron chi connectivity index (χ0n) is 44.5. The molecule has 2 amide bonds. The van der Waals surface area contributed by atoms with Crippen LogP contribution in [0.2, 0.25) is 0 Å². The van der Waals surface area contributed by atoms with Crippen LogP contribution in [0, 0.1) is 0 Å². The molecule has 0 aromatic rings. The third-order valence-electron chi connectivity index (χ3n) is 15.3. The fraction of sp³-hybridized carbons (Fsp3) is 0.957. The Hall–Kier alpha value is -2.38. The molecule has 37 nitrogen and oxygen atoms in total. The van der Waals surface area contributed by atoms with Gasteiger partial charge in [0.2, 0.25) is 11.8 Å². The van der Waals surface area contributed by atoms with E-state index in [9.17, 15) is 112 Å². The van der Waals surface area contributed by atoms with Gasteiger partial charge in [-0.3, -0.25) is 9.59 Å². The average Bonchev–Trinajstić information content (AvgIpc) is 3.47. The van der Waals surface area contributed by atoms with Gasteiger partial charge in [-0.1, -0.05) is 0 Å². The fourth-order valence-electron chi connectivity index (χ4n) is 10.7. The Morgan fingerprint density at radius 1 is 0.313 bits per heavy atom. The summed E-state index contributed by atoms with van der Waals surface area (Å²) in [5, 5.41) is 221. The molecule has 0 aromatic carbocycles. The van der Waals surface area contributed by atoms with E-state index in [-0.39, 0.29) is 0 Å². The first-order valence-electron chi connectivity index (χ1n) is 26.5.